The van der Waals surface area contributed by atoms with Crippen LogP contribution in [0.25, 0.3) is 10.8 Å². The quantitative estimate of drug-likeness (QED) is 0.866. The van der Waals surface area contributed by atoms with Gasteiger partial charge in [0.1, 0.15) is 0 Å². The molecule has 0 fully saturated rings. The standard InChI is InChI=1S/C13H12O5S/c1-19(16,17)18-12(13(14)15)11-7-6-9-4-2-3-5-10(9)8-11/h2-8,12H,1H3,(H,14,15). The predicted octanol–water partition coefficient (Wildman–Crippen LogP) is 1.94. The van der Waals surface area contributed by atoms with Crippen molar-refractivity contribution in [1.82, 2.24) is 0 Å². The van der Waals surface area contributed by atoms with Crippen LogP contribution in [0.1, 0.15) is 11.7 Å². The van der Waals surface area contributed by atoms with Crippen LogP contribution in [0.5, 0.6) is 0 Å². The van der Waals surface area contributed by atoms with Gasteiger partial charge in [-0.15, -0.1) is 0 Å². The highest BCUT2D eigenvalue weighted by atomic mass is 32.2. The van der Waals surface area contributed by atoms with E-state index in [2.05, 4.69) is 4.18 Å². The van der Waals surface area contributed by atoms with Crippen molar-refractivity contribution in [3.63, 3.8) is 0 Å². The van der Waals surface area contributed by atoms with E-state index in [0.29, 0.717) is 0 Å². The summed E-state index contributed by atoms with van der Waals surface area (Å²) >= 11 is 0. The molecule has 0 aliphatic heterocycles. The highest BCUT2D eigenvalue weighted by molar-refractivity contribution is 7.86. The summed E-state index contributed by atoms with van der Waals surface area (Å²) in [5, 5.41) is 10.8. The number of benzene rings is 2. The van der Waals surface area contributed by atoms with Gasteiger partial charge in [-0.3, -0.25) is 4.18 Å². The van der Waals surface area contributed by atoms with Crippen LogP contribution in [0.3, 0.4) is 0 Å². The van der Waals surface area contributed by atoms with E-state index >= 15 is 0 Å². The van der Waals surface area contributed by atoms with Gasteiger partial charge in [-0.2, -0.15) is 8.42 Å². The second-order valence-electron chi connectivity index (χ2n) is 4.13. The van der Waals surface area contributed by atoms with Crippen LogP contribution in [-0.4, -0.2) is 25.7 Å². The van der Waals surface area contributed by atoms with Crippen LogP contribution in [0, 0.1) is 0 Å². The van der Waals surface area contributed by atoms with Crippen LogP contribution in [0.15, 0.2) is 42.5 Å². The molecule has 2 aromatic rings. The summed E-state index contributed by atoms with van der Waals surface area (Å²) in [5.41, 5.74) is 0.289. The predicted molar refractivity (Wildman–Crippen MR) is 70.3 cm³/mol. The van der Waals surface area contributed by atoms with Gasteiger partial charge in [0.05, 0.1) is 6.26 Å². The third kappa shape index (κ3) is 3.30. The van der Waals surface area contributed by atoms with Crippen LogP contribution < -0.4 is 0 Å². The molecule has 6 heteroatoms. The third-order valence-electron chi connectivity index (χ3n) is 2.57. The number of carboxylic acid groups (broad SMARTS) is 1. The number of hydrogen-bond donors (Lipinski definition) is 1. The van der Waals surface area contributed by atoms with E-state index in [1.165, 1.54) is 0 Å². The third-order valence-corrected chi connectivity index (χ3v) is 3.11. The molecule has 0 aliphatic rings. The minimum atomic E-state index is -3.85. The summed E-state index contributed by atoms with van der Waals surface area (Å²) in [5.74, 6) is -1.35. The van der Waals surface area contributed by atoms with Gasteiger partial charge in [0, 0.05) is 0 Å². The Morgan fingerprint density at radius 2 is 1.79 bits per heavy atom. The molecule has 100 valence electrons. The van der Waals surface area contributed by atoms with Crippen LogP contribution in [0.4, 0.5) is 0 Å². The van der Waals surface area contributed by atoms with E-state index in [-0.39, 0.29) is 5.56 Å². The monoisotopic (exact) mass is 280 g/mol. The zero-order chi connectivity index (χ0) is 14.0. The summed E-state index contributed by atoms with van der Waals surface area (Å²) in [6.07, 6.45) is -0.705. The first-order valence-corrected chi connectivity index (χ1v) is 7.28. The summed E-state index contributed by atoms with van der Waals surface area (Å²) in [7, 11) is -3.85. The maximum Gasteiger partial charge on any atom is 0.339 e. The molecule has 0 amide bonds. The first-order chi connectivity index (χ1) is 8.87. The van der Waals surface area contributed by atoms with Gasteiger partial charge in [-0.1, -0.05) is 36.4 Å². The Bertz CT molecular complexity index is 721. The van der Waals surface area contributed by atoms with E-state index in [9.17, 15) is 13.2 Å². The second-order valence-corrected chi connectivity index (χ2v) is 5.73. The molecule has 0 aromatic heterocycles. The molecule has 1 atom stereocenters. The summed E-state index contributed by atoms with van der Waals surface area (Å²) < 4.78 is 26.8. The Morgan fingerprint density at radius 3 is 2.37 bits per heavy atom. The molecule has 0 heterocycles. The lowest BCUT2D eigenvalue weighted by Crippen LogP contribution is -2.18. The van der Waals surface area contributed by atoms with Crippen LogP contribution in [-0.2, 0) is 19.1 Å². The van der Waals surface area contributed by atoms with E-state index < -0.39 is 22.2 Å². The lowest BCUT2D eigenvalue weighted by Gasteiger charge is -2.12. The number of fused-ring (bicyclic) bond motifs is 1. The van der Waals surface area contributed by atoms with E-state index in [0.717, 1.165) is 17.0 Å². The first-order valence-electron chi connectivity index (χ1n) is 5.46. The van der Waals surface area contributed by atoms with Crippen molar-refractivity contribution in [2.75, 3.05) is 6.26 Å². The lowest BCUT2D eigenvalue weighted by molar-refractivity contribution is -0.145. The average Bonchev–Trinajstić information content (AvgIpc) is 2.34. The zero-order valence-electron chi connectivity index (χ0n) is 10.1. The van der Waals surface area contributed by atoms with Gasteiger partial charge in [0.15, 0.2) is 6.10 Å². The Kier molecular flexibility index (Phi) is 3.55. The van der Waals surface area contributed by atoms with E-state index in [4.69, 9.17) is 5.11 Å². The molecule has 0 saturated heterocycles. The molecule has 0 spiro atoms. The van der Waals surface area contributed by atoms with Crippen LogP contribution in [0.2, 0.25) is 0 Å². The van der Waals surface area contributed by atoms with Crippen molar-refractivity contribution in [2.24, 2.45) is 0 Å². The van der Waals surface area contributed by atoms with E-state index in [1.807, 2.05) is 24.3 Å². The number of carbonyl (C=O) groups is 1. The highest BCUT2D eigenvalue weighted by Crippen LogP contribution is 2.24. The Balaban J connectivity index is 2.47. The maximum absolute atomic E-state index is 11.1. The van der Waals surface area contributed by atoms with Crippen molar-refractivity contribution in [3.05, 3.63) is 48.0 Å². The topological polar surface area (TPSA) is 80.7 Å². The highest BCUT2D eigenvalue weighted by Gasteiger charge is 2.25. The van der Waals surface area contributed by atoms with E-state index in [1.54, 1.807) is 18.2 Å². The fourth-order valence-electron chi connectivity index (χ4n) is 1.78. The SMILES string of the molecule is CS(=O)(=O)OC(C(=O)O)c1ccc2ccccc2c1. The van der Waals surface area contributed by atoms with Gasteiger partial charge >= 0.3 is 5.97 Å². The molecular formula is C13H12O5S. The molecule has 5 nitrogen and oxygen atoms in total. The van der Waals surface area contributed by atoms with Crippen molar-refractivity contribution >= 4 is 26.9 Å². The van der Waals surface area contributed by atoms with Crippen molar-refractivity contribution < 1.29 is 22.5 Å². The fraction of sp³-hybridized carbons (Fsp3) is 0.154. The van der Waals surface area contributed by atoms with Gasteiger partial charge in [-0.25, -0.2) is 4.79 Å². The molecule has 1 N–H and O–H groups in total. The van der Waals surface area contributed by atoms with Gasteiger partial charge in [0.25, 0.3) is 10.1 Å². The molecule has 0 aliphatic carbocycles. The lowest BCUT2D eigenvalue weighted by atomic mass is 10.0. The van der Waals surface area contributed by atoms with Crippen molar-refractivity contribution in [1.29, 1.82) is 0 Å². The average molecular weight is 280 g/mol. The van der Waals surface area contributed by atoms with Gasteiger partial charge in [-0.05, 0) is 22.4 Å². The number of carboxylic acids is 1. The summed E-state index contributed by atoms with van der Waals surface area (Å²) in [6, 6.07) is 12.3. The summed E-state index contributed by atoms with van der Waals surface area (Å²) in [4.78, 5) is 11.1. The Labute approximate surface area is 110 Å². The zero-order valence-corrected chi connectivity index (χ0v) is 10.9. The summed E-state index contributed by atoms with van der Waals surface area (Å²) in [6.45, 7) is 0. The molecule has 1 unspecified atom stereocenters. The molecule has 0 bridgehead atoms. The molecular weight excluding hydrogens is 268 g/mol. The van der Waals surface area contributed by atoms with Crippen LogP contribution >= 0.6 is 0 Å². The largest absolute Gasteiger partial charge is 0.479 e. The fourth-order valence-corrected chi connectivity index (χ4v) is 2.33. The number of hydrogen-bond acceptors (Lipinski definition) is 4. The Morgan fingerprint density at radius 1 is 1.16 bits per heavy atom. The molecule has 2 rings (SSSR count). The maximum atomic E-state index is 11.1. The van der Waals surface area contributed by atoms with Gasteiger partial charge < -0.3 is 5.11 Å². The molecule has 19 heavy (non-hydrogen) atoms. The van der Waals surface area contributed by atoms with Crippen molar-refractivity contribution in [2.45, 2.75) is 6.10 Å². The van der Waals surface area contributed by atoms with Gasteiger partial charge in [0.2, 0.25) is 0 Å². The molecule has 0 radical (unpaired) electrons. The molecule has 2 aromatic carbocycles. The first kappa shape index (κ1) is 13.5. The number of rotatable bonds is 4. The van der Waals surface area contributed by atoms with Crippen molar-refractivity contribution in [3.8, 4) is 0 Å². The Hall–Kier alpha value is -1.92. The minimum absolute atomic E-state index is 0.289. The second kappa shape index (κ2) is 4.99. The number of aliphatic carboxylic acids is 1. The minimum Gasteiger partial charge on any atom is -0.479 e. The molecule has 0 saturated carbocycles. The smallest absolute Gasteiger partial charge is 0.339 e. The normalized spacial score (nSPS) is 13.3.